The maximum atomic E-state index is 13.1. The molecule has 2 aromatic carbocycles. The van der Waals surface area contributed by atoms with Crippen LogP contribution in [0.5, 0.6) is 11.8 Å². The third-order valence-electron chi connectivity index (χ3n) is 5.45. The van der Waals surface area contributed by atoms with Crippen LogP contribution >= 0.6 is 15.9 Å². The molecule has 0 bridgehead atoms. The van der Waals surface area contributed by atoms with E-state index in [4.69, 9.17) is 9.15 Å². The van der Waals surface area contributed by atoms with Gasteiger partial charge in [0.2, 0.25) is 5.89 Å². The van der Waals surface area contributed by atoms with E-state index in [2.05, 4.69) is 25.9 Å². The first-order chi connectivity index (χ1) is 16.3. The lowest BCUT2D eigenvalue weighted by molar-refractivity contribution is 0.421. The van der Waals surface area contributed by atoms with Crippen LogP contribution in [0.2, 0.25) is 0 Å². The van der Waals surface area contributed by atoms with Crippen molar-refractivity contribution in [1.29, 1.82) is 0 Å². The second-order valence-electron chi connectivity index (χ2n) is 7.91. The van der Waals surface area contributed by atoms with Crippen LogP contribution in [0.1, 0.15) is 11.3 Å². The van der Waals surface area contributed by atoms with Gasteiger partial charge in [0.05, 0.1) is 12.2 Å². The molecule has 0 aliphatic rings. The lowest BCUT2D eigenvalue weighted by Crippen LogP contribution is -2.37. The molecule has 0 amide bonds. The number of aromatic nitrogens is 5. The van der Waals surface area contributed by atoms with E-state index in [-0.39, 0.29) is 17.2 Å². The highest BCUT2D eigenvalue weighted by Gasteiger charge is 2.21. The molecule has 3 heterocycles. The van der Waals surface area contributed by atoms with Crippen LogP contribution in [0.3, 0.4) is 0 Å². The molecule has 0 saturated heterocycles. The van der Waals surface area contributed by atoms with Crippen molar-refractivity contribution < 1.29 is 9.15 Å². The van der Waals surface area contributed by atoms with Gasteiger partial charge >= 0.3 is 11.7 Å². The minimum Gasteiger partial charge on any atom is -0.444 e. The molecule has 0 radical (unpaired) electrons. The van der Waals surface area contributed by atoms with E-state index in [1.54, 1.807) is 30.0 Å². The van der Waals surface area contributed by atoms with Gasteiger partial charge in [-0.2, -0.15) is 4.98 Å². The zero-order valence-electron chi connectivity index (χ0n) is 18.7. The Balaban J connectivity index is 1.66. The fourth-order valence-corrected chi connectivity index (χ4v) is 4.20. The Morgan fingerprint density at radius 2 is 1.82 bits per heavy atom. The second-order valence-corrected chi connectivity index (χ2v) is 8.83. The van der Waals surface area contributed by atoms with Crippen molar-refractivity contribution in [3.05, 3.63) is 91.4 Å². The van der Waals surface area contributed by atoms with Crippen molar-refractivity contribution in [2.24, 2.45) is 14.1 Å². The summed E-state index contributed by atoms with van der Waals surface area (Å²) in [4.78, 5) is 34.5. The molecular weight excluding hydrogens is 502 g/mol. The van der Waals surface area contributed by atoms with Crippen LogP contribution in [-0.2, 0) is 20.6 Å². The van der Waals surface area contributed by atoms with Crippen molar-refractivity contribution >= 4 is 27.1 Å². The summed E-state index contributed by atoms with van der Waals surface area (Å²) in [5.74, 6) is 0.961. The Kier molecular flexibility index (Phi) is 5.45. The SMILES string of the molecule is Cc1coc(-c2cccc(Oc3nc4c(c(=O)n(C)c(=O)n4C)n3Cc3cccc(Br)c3)c2)n1. The van der Waals surface area contributed by atoms with Gasteiger partial charge in [-0.05, 0) is 42.8 Å². The van der Waals surface area contributed by atoms with E-state index in [1.807, 2.05) is 43.3 Å². The standard InChI is InChI=1S/C24H20BrN5O4/c1-14-13-33-21(26-14)16-7-5-9-18(11-16)34-23-27-20-19(22(31)29(3)24(32)28(20)2)30(23)12-15-6-4-8-17(25)10-15/h4-11,13H,12H2,1-3H3. The number of halogens is 1. The van der Waals surface area contributed by atoms with Gasteiger partial charge in [-0.3, -0.25) is 18.5 Å². The largest absolute Gasteiger partial charge is 0.444 e. The third kappa shape index (κ3) is 3.86. The first kappa shape index (κ1) is 21.9. The highest BCUT2D eigenvalue weighted by molar-refractivity contribution is 9.10. The maximum absolute atomic E-state index is 13.1. The molecule has 0 aliphatic carbocycles. The molecule has 0 saturated carbocycles. The minimum atomic E-state index is -0.461. The normalized spacial score (nSPS) is 11.3. The van der Waals surface area contributed by atoms with E-state index in [1.165, 1.54) is 11.6 Å². The number of nitrogens with zero attached hydrogens (tertiary/aromatic N) is 5. The van der Waals surface area contributed by atoms with E-state index < -0.39 is 11.2 Å². The average Bonchev–Trinajstić information content (AvgIpc) is 3.41. The summed E-state index contributed by atoms with van der Waals surface area (Å²) in [6.07, 6.45) is 1.58. The van der Waals surface area contributed by atoms with Crippen molar-refractivity contribution in [3.8, 4) is 23.2 Å². The van der Waals surface area contributed by atoms with Gasteiger partial charge in [0.1, 0.15) is 12.0 Å². The zero-order valence-corrected chi connectivity index (χ0v) is 20.2. The lowest BCUT2D eigenvalue weighted by atomic mass is 10.2. The van der Waals surface area contributed by atoms with Crippen LogP contribution < -0.4 is 16.0 Å². The molecule has 0 fully saturated rings. The summed E-state index contributed by atoms with van der Waals surface area (Å²) in [7, 11) is 3.03. The van der Waals surface area contributed by atoms with Crippen LogP contribution in [0.25, 0.3) is 22.6 Å². The van der Waals surface area contributed by atoms with E-state index in [9.17, 15) is 9.59 Å². The Labute approximate surface area is 202 Å². The average molecular weight is 522 g/mol. The molecule has 34 heavy (non-hydrogen) atoms. The number of oxazole rings is 1. The predicted octanol–water partition coefficient (Wildman–Crippen LogP) is 4.00. The Bertz CT molecular complexity index is 1660. The predicted molar refractivity (Wildman–Crippen MR) is 130 cm³/mol. The number of hydrogen-bond donors (Lipinski definition) is 0. The van der Waals surface area contributed by atoms with Crippen LogP contribution in [0, 0.1) is 6.92 Å². The highest BCUT2D eigenvalue weighted by atomic mass is 79.9. The van der Waals surface area contributed by atoms with Crippen molar-refractivity contribution in [1.82, 2.24) is 23.7 Å². The summed E-state index contributed by atoms with van der Waals surface area (Å²) < 4.78 is 16.7. The highest BCUT2D eigenvalue weighted by Crippen LogP contribution is 2.29. The Hall–Kier alpha value is -3.92. The molecule has 0 aliphatic heterocycles. The molecule has 10 heteroatoms. The Morgan fingerprint density at radius 1 is 1.03 bits per heavy atom. The molecule has 0 N–H and O–H groups in total. The van der Waals surface area contributed by atoms with Crippen LogP contribution in [0.4, 0.5) is 0 Å². The smallest absolute Gasteiger partial charge is 0.332 e. The molecule has 172 valence electrons. The maximum Gasteiger partial charge on any atom is 0.332 e. The Morgan fingerprint density at radius 3 is 2.56 bits per heavy atom. The zero-order chi connectivity index (χ0) is 24.0. The molecular formula is C24H20BrN5O4. The molecule has 0 atom stereocenters. The number of hydrogen-bond acceptors (Lipinski definition) is 6. The summed E-state index contributed by atoms with van der Waals surface area (Å²) in [5.41, 5.74) is 2.06. The van der Waals surface area contributed by atoms with E-state index >= 15 is 0 Å². The van der Waals surface area contributed by atoms with Gasteiger partial charge in [0.25, 0.3) is 5.56 Å². The van der Waals surface area contributed by atoms with Crippen LogP contribution in [-0.4, -0.2) is 23.7 Å². The number of rotatable bonds is 5. The lowest BCUT2D eigenvalue weighted by Gasteiger charge is -2.11. The number of fused-ring (bicyclic) bond motifs is 1. The summed E-state index contributed by atoms with van der Waals surface area (Å²) in [6, 6.07) is 15.2. The fourth-order valence-electron chi connectivity index (χ4n) is 3.75. The van der Waals surface area contributed by atoms with Crippen molar-refractivity contribution in [2.45, 2.75) is 13.5 Å². The topological polar surface area (TPSA) is 97.1 Å². The first-order valence-electron chi connectivity index (χ1n) is 10.4. The first-order valence-corrected chi connectivity index (χ1v) is 11.2. The molecule has 5 aromatic rings. The van der Waals surface area contributed by atoms with Gasteiger partial charge in [0, 0.05) is 24.1 Å². The van der Waals surface area contributed by atoms with E-state index in [0.29, 0.717) is 18.2 Å². The number of benzene rings is 2. The fraction of sp³-hybridized carbons (Fsp3) is 0.167. The van der Waals surface area contributed by atoms with Crippen molar-refractivity contribution in [3.63, 3.8) is 0 Å². The van der Waals surface area contributed by atoms with Gasteiger partial charge in [-0.25, -0.2) is 9.78 Å². The summed E-state index contributed by atoms with van der Waals surface area (Å²) >= 11 is 3.49. The van der Waals surface area contributed by atoms with Crippen molar-refractivity contribution in [2.75, 3.05) is 0 Å². The molecule has 3 aromatic heterocycles. The molecule has 0 unspecified atom stereocenters. The van der Waals surface area contributed by atoms with Gasteiger partial charge in [-0.1, -0.05) is 34.1 Å². The number of imidazole rings is 1. The monoisotopic (exact) mass is 521 g/mol. The summed E-state index contributed by atoms with van der Waals surface area (Å²) in [5, 5.41) is 0. The van der Waals surface area contributed by atoms with Gasteiger partial charge in [-0.15, -0.1) is 0 Å². The van der Waals surface area contributed by atoms with Gasteiger partial charge in [0.15, 0.2) is 11.2 Å². The number of ether oxygens (including phenoxy) is 1. The van der Waals surface area contributed by atoms with Crippen LogP contribution in [0.15, 0.2) is 73.3 Å². The molecule has 9 nitrogen and oxygen atoms in total. The minimum absolute atomic E-state index is 0.189. The van der Waals surface area contributed by atoms with E-state index in [0.717, 1.165) is 25.9 Å². The summed E-state index contributed by atoms with van der Waals surface area (Å²) in [6.45, 7) is 2.17. The third-order valence-corrected chi connectivity index (χ3v) is 5.95. The van der Waals surface area contributed by atoms with Gasteiger partial charge < -0.3 is 9.15 Å². The molecule has 5 rings (SSSR count). The molecule has 0 spiro atoms. The second kappa shape index (κ2) is 8.45. The number of aryl methyl sites for hydroxylation is 2. The quantitative estimate of drug-likeness (QED) is 0.346.